The maximum atomic E-state index is 5.98. The number of hydrogen-bond acceptors (Lipinski definition) is 3. The Morgan fingerprint density at radius 2 is 1.86 bits per heavy atom. The highest BCUT2D eigenvalue weighted by molar-refractivity contribution is 8.13. The molecule has 21 heavy (non-hydrogen) atoms. The number of amidine groups is 1. The van der Waals surface area contributed by atoms with E-state index in [1.165, 1.54) is 11.1 Å². The second kappa shape index (κ2) is 7.74. The third-order valence-corrected chi connectivity index (χ3v) is 3.87. The van der Waals surface area contributed by atoms with Crippen LogP contribution in [0.15, 0.2) is 53.5 Å². The van der Waals surface area contributed by atoms with Gasteiger partial charge in [-0.15, -0.1) is 0 Å². The van der Waals surface area contributed by atoms with Gasteiger partial charge in [0, 0.05) is 5.75 Å². The van der Waals surface area contributed by atoms with E-state index in [2.05, 4.69) is 24.0 Å². The standard InChI is InChI=1S/C17H20N2OS/c1-3-20-16-10-8-15(9-11-16)19-17(18)21-12-14-7-5-4-6-13(14)2/h4-11H,3,12H2,1-2H3,(H2,18,19). The van der Waals surface area contributed by atoms with Crippen LogP contribution in [0.25, 0.3) is 0 Å². The number of nitrogens with two attached hydrogens (primary N) is 1. The van der Waals surface area contributed by atoms with Gasteiger partial charge in [0.05, 0.1) is 12.3 Å². The lowest BCUT2D eigenvalue weighted by Crippen LogP contribution is -2.06. The summed E-state index contributed by atoms with van der Waals surface area (Å²) >= 11 is 1.55. The van der Waals surface area contributed by atoms with Crippen molar-refractivity contribution in [2.45, 2.75) is 19.6 Å². The Kier molecular flexibility index (Phi) is 5.69. The zero-order chi connectivity index (χ0) is 15.1. The fraction of sp³-hybridized carbons (Fsp3) is 0.235. The molecule has 0 unspecified atom stereocenters. The number of rotatable bonds is 5. The fourth-order valence-corrected chi connectivity index (χ4v) is 2.66. The number of thioether (sulfide) groups is 1. The van der Waals surface area contributed by atoms with Crippen LogP contribution in [0, 0.1) is 6.92 Å². The van der Waals surface area contributed by atoms with E-state index in [-0.39, 0.29) is 0 Å². The van der Waals surface area contributed by atoms with Gasteiger partial charge < -0.3 is 10.5 Å². The van der Waals surface area contributed by atoms with Crippen molar-refractivity contribution < 1.29 is 4.74 Å². The van der Waals surface area contributed by atoms with Crippen LogP contribution in [0.1, 0.15) is 18.1 Å². The van der Waals surface area contributed by atoms with E-state index in [4.69, 9.17) is 10.5 Å². The highest BCUT2D eigenvalue weighted by Crippen LogP contribution is 2.21. The molecule has 0 heterocycles. The van der Waals surface area contributed by atoms with Crippen LogP contribution in [0.3, 0.4) is 0 Å². The van der Waals surface area contributed by atoms with E-state index < -0.39 is 0 Å². The van der Waals surface area contributed by atoms with Gasteiger partial charge in [-0.3, -0.25) is 0 Å². The van der Waals surface area contributed by atoms with Crippen LogP contribution < -0.4 is 10.5 Å². The molecule has 2 rings (SSSR count). The van der Waals surface area contributed by atoms with Crippen molar-refractivity contribution in [1.29, 1.82) is 0 Å². The summed E-state index contributed by atoms with van der Waals surface area (Å²) in [6.07, 6.45) is 0. The normalized spacial score (nSPS) is 11.4. The summed E-state index contributed by atoms with van der Waals surface area (Å²) in [5, 5.41) is 0.572. The van der Waals surface area contributed by atoms with Crippen molar-refractivity contribution in [2.24, 2.45) is 10.7 Å². The molecule has 0 bridgehead atoms. The van der Waals surface area contributed by atoms with Gasteiger partial charge in [-0.2, -0.15) is 0 Å². The molecule has 3 nitrogen and oxygen atoms in total. The SMILES string of the molecule is CCOc1ccc(N=C(N)SCc2ccccc2C)cc1. The maximum absolute atomic E-state index is 5.98. The van der Waals surface area contributed by atoms with Gasteiger partial charge in [-0.05, 0) is 49.2 Å². The molecule has 0 aliphatic heterocycles. The molecule has 0 fully saturated rings. The summed E-state index contributed by atoms with van der Waals surface area (Å²) in [5.41, 5.74) is 9.38. The molecule has 0 aromatic heterocycles. The van der Waals surface area contributed by atoms with Gasteiger partial charge in [-0.1, -0.05) is 36.0 Å². The minimum Gasteiger partial charge on any atom is -0.494 e. The first-order valence-corrected chi connectivity index (χ1v) is 7.92. The van der Waals surface area contributed by atoms with E-state index >= 15 is 0 Å². The van der Waals surface area contributed by atoms with Gasteiger partial charge in [0.15, 0.2) is 5.17 Å². The van der Waals surface area contributed by atoms with Crippen molar-refractivity contribution >= 4 is 22.6 Å². The van der Waals surface area contributed by atoms with Crippen LogP contribution in [-0.4, -0.2) is 11.8 Å². The first-order valence-electron chi connectivity index (χ1n) is 6.93. The predicted octanol–water partition coefficient (Wildman–Crippen LogP) is 4.27. The Balaban J connectivity index is 1.96. The summed E-state index contributed by atoms with van der Waals surface area (Å²) in [6, 6.07) is 15.9. The summed E-state index contributed by atoms with van der Waals surface area (Å²) in [4.78, 5) is 4.41. The molecule has 0 saturated carbocycles. The molecule has 0 aliphatic rings. The number of benzene rings is 2. The molecule has 2 N–H and O–H groups in total. The Bertz CT molecular complexity index is 608. The van der Waals surface area contributed by atoms with Crippen molar-refractivity contribution in [3.8, 4) is 5.75 Å². The Morgan fingerprint density at radius 3 is 2.52 bits per heavy atom. The Morgan fingerprint density at radius 1 is 1.14 bits per heavy atom. The van der Waals surface area contributed by atoms with Gasteiger partial charge in [0.2, 0.25) is 0 Å². The van der Waals surface area contributed by atoms with E-state index in [1.54, 1.807) is 11.8 Å². The highest BCUT2D eigenvalue weighted by Gasteiger charge is 2.00. The van der Waals surface area contributed by atoms with E-state index in [0.717, 1.165) is 17.2 Å². The van der Waals surface area contributed by atoms with Crippen LogP contribution in [-0.2, 0) is 5.75 Å². The molecule has 2 aromatic rings. The van der Waals surface area contributed by atoms with Crippen molar-refractivity contribution in [3.05, 3.63) is 59.7 Å². The van der Waals surface area contributed by atoms with Gasteiger partial charge in [0.1, 0.15) is 5.75 Å². The minimum absolute atomic E-state index is 0.572. The summed E-state index contributed by atoms with van der Waals surface area (Å²) < 4.78 is 5.40. The Hall–Kier alpha value is -1.94. The molecule has 0 atom stereocenters. The molecule has 0 spiro atoms. The predicted molar refractivity (Wildman–Crippen MR) is 91.4 cm³/mol. The Labute approximate surface area is 130 Å². The summed E-state index contributed by atoms with van der Waals surface area (Å²) in [5.74, 6) is 1.68. The molecule has 2 aromatic carbocycles. The van der Waals surface area contributed by atoms with Crippen molar-refractivity contribution in [2.75, 3.05) is 6.61 Å². The third kappa shape index (κ3) is 4.83. The average Bonchev–Trinajstić information content (AvgIpc) is 2.49. The molecular formula is C17H20N2OS. The first-order chi connectivity index (χ1) is 10.2. The zero-order valence-corrected chi connectivity index (χ0v) is 13.2. The first kappa shape index (κ1) is 15.4. The number of aryl methyl sites for hydroxylation is 1. The zero-order valence-electron chi connectivity index (χ0n) is 12.4. The minimum atomic E-state index is 0.572. The second-order valence-corrected chi connectivity index (χ2v) is 5.59. The molecule has 0 amide bonds. The van der Waals surface area contributed by atoms with Crippen LogP contribution in [0.2, 0.25) is 0 Å². The number of aliphatic imine (C=N–C) groups is 1. The van der Waals surface area contributed by atoms with E-state index in [0.29, 0.717) is 11.8 Å². The number of ether oxygens (including phenoxy) is 1. The van der Waals surface area contributed by atoms with Crippen LogP contribution in [0.5, 0.6) is 5.75 Å². The van der Waals surface area contributed by atoms with Gasteiger partial charge >= 0.3 is 0 Å². The monoisotopic (exact) mass is 300 g/mol. The topological polar surface area (TPSA) is 47.6 Å². The fourth-order valence-electron chi connectivity index (χ4n) is 1.87. The largest absolute Gasteiger partial charge is 0.494 e. The van der Waals surface area contributed by atoms with E-state index in [9.17, 15) is 0 Å². The number of nitrogens with zero attached hydrogens (tertiary/aromatic N) is 1. The number of hydrogen-bond donors (Lipinski definition) is 1. The lowest BCUT2D eigenvalue weighted by Gasteiger charge is -2.05. The van der Waals surface area contributed by atoms with Gasteiger partial charge in [-0.25, -0.2) is 4.99 Å². The maximum Gasteiger partial charge on any atom is 0.159 e. The smallest absolute Gasteiger partial charge is 0.159 e. The molecular weight excluding hydrogens is 280 g/mol. The average molecular weight is 300 g/mol. The molecule has 110 valence electrons. The van der Waals surface area contributed by atoms with Crippen LogP contribution in [0.4, 0.5) is 5.69 Å². The third-order valence-electron chi connectivity index (χ3n) is 3.02. The van der Waals surface area contributed by atoms with Crippen molar-refractivity contribution in [1.82, 2.24) is 0 Å². The summed E-state index contributed by atoms with van der Waals surface area (Å²) in [7, 11) is 0. The van der Waals surface area contributed by atoms with E-state index in [1.807, 2.05) is 43.3 Å². The highest BCUT2D eigenvalue weighted by atomic mass is 32.2. The lowest BCUT2D eigenvalue weighted by molar-refractivity contribution is 0.340. The lowest BCUT2D eigenvalue weighted by atomic mass is 10.1. The van der Waals surface area contributed by atoms with Gasteiger partial charge in [0.25, 0.3) is 0 Å². The van der Waals surface area contributed by atoms with Crippen LogP contribution >= 0.6 is 11.8 Å². The molecule has 4 heteroatoms. The quantitative estimate of drug-likeness (QED) is 0.662. The van der Waals surface area contributed by atoms with Crippen molar-refractivity contribution in [3.63, 3.8) is 0 Å². The molecule has 0 aliphatic carbocycles. The second-order valence-electron chi connectivity index (χ2n) is 4.59. The summed E-state index contributed by atoms with van der Waals surface area (Å²) in [6.45, 7) is 4.74. The molecule has 0 radical (unpaired) electrons. The molecule has 0 saturated heterocycles.